The van der Waals surface area contributed by atoms with Crippen molar-refractivity contribution in [1.82, 2.24) is 4.57 Å². The van der Waals surface area contributed by atoms with Gasteiger partial charge in [0.15, 0.2) is 0 Å². The van der Waals surface area contributed by atoms with E-state index in [1.165, 1.54) is 16.5 Å². The van der Waals surface area contributed by atoms with Crippen LogP contribution in [0.4, 0.5) is 0 Å². The molecule has 0 radical (unpaired) electrons. The number of nitrogens with zero attached hydrogens (tertiary/aromatic N) is 1. The maximum absolute atomic E-state index is 9.72. The van der Waals surface area contributed by atoms with Gasteiger partial charge in [0, 0.05) is 30.1 Å². The van der Waals surface area contributed by atoms with E-state index in [0.29, 0.717) is 19.4 Å². The molecule has 0 spiro atoms. The summed E-state index contributed by atoms with van der Waals surface area (Å²) in [4.78, 5) is 0. The van der Waals surface area contributed by atoms with Crippen molar-refractivity contribution in [1.29, 1.82) is 0 Å². The average molecular weight is 256 g/mol. The first-order valence-corrected chi connectivity index (χ1v) is 6.64. The van der Waals surface area contributed by atoms with Crippen LogP contribution in [0.15, 0.2) is 30.5 Å². The van der Waals surface area contributed by atoms with Crippen molar-refractivity contribution in [2.75, 3.05) is 6.54 Å². The van der Waals surface area contributed by atoms with Gasteiger partial charge in [-0.1, -0.05) is 18.2 Å². The Hall–Kier alpha value is -1.76. The highest BCUT2D eigenvalue weighted by atomic mass is 16.3. The van der Waals surface area contributed by atoms with Gasteiger partial charge in [-0.2, -0.15) is 0 Å². The third kappa shape index (κ3) is 3.17. The van der Waals surface area contributed by atoms with Gasteiger partial charge in [-0.25, -0.2) is 0 Å². The summed E-state index contributed by atoms with van der Waals surface area (Å²) in [5.74, 6) is 2.49. The quantitative estimate of drug-likeness (QED) is 0.776. The van der Waals surface area contributed by atoms with Crippen LogP contribution < -0.4 is 5.73 Å². The average Bonchev–Trinajstić information content (AvgIpc) is 2.76. The zero-order valence-corrected chi connectivity index (χ0v) is 11.0. The van der Waals surface area contributed by atoms with E-state index in [1.54, 1.807) is 0 Å². The predicted octanol–water partition coefficient (Wildman–Crippen LogP) is 1.92. The Kier molecular flexibility index (Phi) is 4.62. The van der Waals surface area contributed by atoms with Gasteiger partial charge in [-0.05, 0) is 31.0 Å². The minimum absolute atomic E-state index is 0.412. The second-order valence-electron chi connectivity index (χ2n) is 4.75. The summed E-state index contributed by atoms with van der Waals surface area (Å²) in [6.07, 6.45) is 8.87. The predicted molar refractivity (Wildman–Crippen MR) is 78.8 cm³/mol. The first kappa shape index (κ1) is 13.7. The van der Waals surface area contributed by atoms with Crippen molar-refractivity contribution in [3.05, 3.63) is 36.0 Å². The third-order valence-corrected chi connectivity index (χ3v) is 3.34. The van der Waals surface area contributed by atoms with Gasteiger partial charge >= 0.3 is 0 Å². The molecule has 19 heavy (non-hydrogen) atoms. The van der Waals surface area contributed by atoms with Crippen LogP contribution >= 0.6 is 0 Å². The lowest BCUT2D eigenvalue weighted by molar-refractivity contribution is 0.164. The Bertz CT molecular complexity index is 580. The van der Waals surface area contributed by atoms with E-state index >= 15 is 0 Å². The molecule has 3 nitrogen and oxygen atoms in total. The van der Waals surface area contributed by atoms with Crippen molar-refractivity contribution in [2.24, 2.45) is 5.73 Å². The number of aliphatic hydroxyl groups is 1. The number of aliphatic hydroxyl groups excluding tert-OH is 1. The molecule has 0 aliphatic rings. The maximum Gasteiger partial charge on any atom is 0.0666 e. The second-order valence-corrected chi connectivity index (χ2v) is 4.75. The molecule has 3 N–H and O–H groups in total. The van der Waals surface area contributed by atoms with Crippen molar-refractivity contribution in [3.8, 4) is 12.3 Å². The number of para-hydroxylation sites is 1. The van der Waals surface area contributed by atoms with Crippen LogP contribution in [0.3, 0.4) is 0 Å². The van der Waals surface area contributed by atoms with Gasteiger partial charge in [0.2, 0.25) is 0 Å². The van der Waals surface area contributed by atoms with E-state index in [9.17, 15) is 5.11 Å². The monoisotopic (exact) mass is 256 g/mol. The van der Waals surface area contributed by atoms with Crippen LogP contribution in [0.25, 0.3) is 10.9 Å². The van der Waals surface area contributed by atoms with Crippen LogP contribution in [0.1, 0.15) is 18.4 Å². The Balaban J connectivity index is 2.21. The SMILES string of the molecule is C#CCC(O)CCn1cc(CCN)c2ccccc21. The summed E-state index contributed by atoms with van der Waals surface area (Å²) < 4.78 is 2.18. The number of terminal acetylenes is 1. The lowest BCUT2D eigenvalue weighted by atomic mass is 10.1. The fraction of sp³-hybridized carbons (Fsp3) is 0.375. The second kappa shape index (κ2) is 6.42. The van der Waals surface area contributed by atoms with Crippen LogP contribution in [-0.2, 0) is 13.0 Å². The summed E-state index contributed by atoms with van der Waals surface area (Å²) in [5.41, 5.74) is 8.11. The molecule has 0 saturated carbocycles. The molecule has 2 rings (SSSR count). The van der Waals surface area contributed by atoms with Crippen LogP contribution in [-0.4, -0.2) is 22.3 Å². The number of nitrogens with two attached hydrogens (primary N) is 1. The lowest BCUT2D eigenvalue weighted by Crippen LogP contribution is -2.09. The standard InChI is InChI=1S/C16H20N2O/c1-2-5-14(19)9-11-18-12-13(8-10-17)15-6-3-4-7-16(15)18/h1,3-4,6-7,12,14,19H,5,8-11,17H2. The summed E-state index contributed by atoms with van der Waals surface area (Å²) in [7, 11) is 0. The van der Waals surface area contributed by atoms with E-state index < -0.39 is 6.10 Å². The molecule has 3 heteroatoms. The smallest absolute Gasteiger partial charge is 0.0666 e. The highest BCUT2D eigenvalue weighted by Crippen LogP contribution is 2.22. The van der Waals surface area contributed by atoms with E-state index in [-0.39, 0.29) is 0 Å². The number of hydrogen-bond acceptors (Lipinski definition) is 2. The number of aryl methyl sites for hydroxylation is 1. The highest BCUT2D eigenvalue weighted by Gasteiger charge is 2.09. The van der Waals surface area contributed by atoms with E-state index in [2.05, 4.69) is 28.8 Å². The molecule has 100 valence electrons. The molecule has 2 aromatic rings. The van der Waals surface area contributed by atoms with Gasteiger partial charge in [0.05, 0.1) is 6.10 Å². The third-order valence-electron chi connectivity index (χ3n) is 3.34. The van der Waals surface area contributed by atoms with Gasteiger partial charge < -0.3 is 15.4 Å². The molecule has 1 unspecified atom stereocenters. The fourth-order valence-corrected chi connectivity index (χ4v) is 2.39. The first-order valence-electron chi connectivity index (χ1n) is 6.64. The van der Waals surface area contributed by atoms with Gasteiger partial charge in [-0.3, -0.25) is 0 Å². The van der Waals surface area contributed by atoms with Crippen molar-refractivity contribution in [2.45, 2.75) is 31.9 Å². The summed E-state index contributed by atoms with van der Waals surface area (Å²) in [6, 6.07) is 8.29. The van der Waals surface area contributed by atoms with Crippen molar-refractivity contribution < 1.29 is 5.11 Å². The molecule has 1 aromatic heterocycles. The normalized spacial score (nSPS) is 12.5. The minimum Gasteiger partial charge on any atom is -0.392 e. The van der Waals surface area contributed by atoms with Gasteiger partial charge in [0.1, 0.15) is 0 Å². The molecule has 0 amide bonds. The topological polar surface area (TPSA) is 51.2 Å². The van der Waals surface area contributed by atoms with Crippen LogP contribution in [0.2, 0.25) is 0 Å². The summed E-state index contributed by atoms with van der Waals surface area (Å²) >= 11 is 0. The Morgan fingerprint density at radius 2 is 2.16 bits per heavy atom. The molecule has 0 aliphatic carbocycles. The van der Waals surface area contributed by atoms with Crippen LogP contribution in [0.5, 0.6) is 0 Å². The number of fused-ring (bicyclic) bond motifs is 1. The molecule has 0 bridgehead atoms. The van der Waals surface area contributed by atoms with Gasteiger partial charge in [-0.15, -0.1) is 12.3 Å². The Morgan fingerprint density at radius 3 is 2.89 bits per heavy atom. The fourth-order valence-electron chi connectivity index (χ4n) is 2.39. The number of hydrogen-bond donors (Lipinski definition) is 2. The van der Waals surface area contributed by atoms with E-state index in [0.717, 1.165) is 13.0 Å². The molecular weight excluding hydrogens is 236 g/mol. The van der Waals surface area contributed by atoms with Crippen molar-refractivity contribution in [3.63, 3.8) is 0 Å². The molecule has 0 fully saturated rings. The number of benzene rings is 1. The number of aromatic nitrogens is 1. The first-order chi connectivity index (χ1) is 9.26. The van der Waals surface area contributed by atoms with E-state index in [4.69, 9.17) is 12.2 Å². The minimum atomic E-state index is -0.427. The lowest BCUT2D eigenvalue weighted by Gasteiger charge is -2.09. The van der Waals surface area contributed by atoms with Crippen LogP contribution in [0, 0.1) is 12.3 Å². The Morgan fingerprint density at radius 1 is 1.37 bits per heavy atom. The molecule has 0 saturated heterocycles. The number of rotatable bonds is 6. The highest BCUT2D eigenvalue weighted by molar-refractivity contribution is 5.84. The summed E-state index contributed by atoms with van der Waals surface area (Å²) in [6.45, 7) is 1.42. The zero-order chi connectivity index (χ0) is 13.7. The van der Waals surface area contributed by atoms with E-state index in [1.807, 2.05) is 12.1 Å². The molecule has 1 atom stereocenters. The zero-order valence-electron chi connectivity index (χ0n) is 11.0. The van der Waals surface area contributed by atoms with Crippen molar-refractivity contribution >= 4 is 10.9 Å². The Labute approximate surface area is 114 Å². The maximum atomic E-state index is 9.72. The largest absolute Gasteiger partial charge is 0.392 e. The summed E-state index contributed by atoms with van der Waals surface area (Å²) in [5, 5.41) is 11.0. The molecule has 1 heterocycles. The molecule has 1 aromatic carbocycles. The molecule has 0 aliphatic heterocycles. The van der Waals surface area contributed by atoms with Gasteiger partial charge in [0.25, 0.3) is 0 Å². The molecular formula is C16H20N2O.